The van der Waals surface area contributed by atoms with Gasteiger partial charge in [0, 0.05) is 0 Å². The number of halogens is 2. The van der Waals surface area contributed by atoms with Crippen molar-refractivity contribution >= 4 is 11.6 Å². The number of anilines is 1. The summed E-state index contributed by atoms with van der Waals surface area (Å²) in [7, 11) is 0. The number of amides is 1. The summed E-state index contributed by atoms with van der Waals surface area (Å²) in [4.78, 5) is 12.2. The molecular formula is C14H16F2N2O. The Bertz CT molecular complexity index is 506. The molecule has 0 aromatic heterocycles. The number of hydrogen-bond acceptors (Lipinski definition) is 2. The highest BCUT2D eigenvalue weighted by Crippen LogP contribution is 2.38. The van der Waals surface area contributed by atoms with E-state index in [9.17, 15) is 13.6 Å². The molecule has 0 spiro atoms. The average Bonchev–Trinajstić information content (AvgIpc) is 2.96. The van der Waals surface area contributed by atoms with Gasteiger partial charge in [-0.3, -0.25) is 4.79 Å². The van der Waals surface area contributed by atoms with E-state index in [1.807, 2.05) is 0 Å². The Labute approximate surface area is 110 Å². The largest absolute Gasteiger partial charge is 0.322 e. The first-order valence-corrected chi connectivity index (χ1v) is 6.65. The van der Waals surface area contributed by atoms with Crippen LogP contribution in [0.25, 0.3) is 0 Å². The van der Waals surface area contributed by atoms with Gasteiger partial charge in [-0.1, -0.05) is 12.5 Å². The van der Waals surface area contributed by atoms with Gasteiger partial charge in [-0.15, -0.1) is 0 Å². The number of hydrogen-bond donors (Lipinski definition) is 2. The highest BCUT2D eigenvalue weighted by molar-refractivity contribution is 5.95. The Morgan fingerprint density at radius 1 is 1.32 bits per heavy atom. The maximum Gasteiger partial charge on any atom is 0.241 e. The van der Waals surface area contributed by atoms with E-state index in [1.165, 1.54) is 12.1 Å². The third kappa shape index (κ3) is 2.23. The monoisotopic (exact) mass is 266 g/mol. The van der Waals surface area contributed by atoms with Crippen molar-refractivity contribution in [1.82, 2.24) is 5.32 Å². The van der Waals surface area contributed by atoms with Crippen LogP contribution in [0.4, 0.5) is 14.5 Å². The molecule has 1 saturated carbocycles. The predicted octanol–water partition coefficient (Wildman–Crippen LogP) is 2.29. The fourth-order valence-electron chi connectivity index (χ4n) is 3.29. The Balaban J connectivity index is 1.73. The smallest absolute Gasteiger partial charge is 0.241 e. The molecule has 1 aliphatic heterocycles. The van der Waals surface area contributed by atoms with Crippen LogP contribution in [-0.4, -0.2) is 18.5 Å². The van der Waals surface area contributed by atoms with Crippen molar-refractivity contribution in [2.24, 2.45) is 11.8 Å². The summed E-state index contributed by atoms with van der Waals surface area (Å²) in [6.07, 6.45) is 3.33. The lowest BCUT2D eigenvalue weighted by Gasteiger charge is -2.18. The molecule has 3 rings (SSSR count). The van der Waals surface area contributed by atoms with Gasteiger partial charge in [-0.05, 0) is 43.4 Å². The zero-order valence-electron chi connectivity index (χ0n) is 10.5. The fourth-order valence-corrected chi connectivity index (χ4v) is 3.29. The molecule has 0 bridgehead atoms. The number of fused-ring (bicyclic) bond motifs is 1. The summed E-state index contributed by atoms with van der Waals surface area (Å²) < 4.78 is 26.6. The molecule has 1 aliphatic carbocycles. The van der Waals surface area contributed by atoms with Crippen molar-refractivity contribution in [1.29, 1.82) is 0 Å². The molecule has 1 heterocycles. The van der Waals surface area contributed by atoms with E-state index in [2.05, 4.69) is 10.6 Å². The summed E-state index contributed by atoms with van der Waals surface area (Å²) in [5.41, 5.74) is -0.0896. The molecule has 102 valence electrons. The van der Waals surface area contributed by atoms with E-state index >= 15 is 0 Å². The summed E-state index contributed by atoms with van der Waals surface area (Å²) in [5, 5.41) is 5.67. The molecule has 3 nitrogen and oxygen atoms in total. The van der Waals surface area contributed by atoms with Crippen LogP contribution in [0.3, 0.4) is 0 Å². The Morgan fingerprint density at radius 2 is 2.16 bits per heavy atom. The molecule has 2 aliphatic rings. The second kappa shape index (κ2) is 4.89. The Kier molecular flexibility index (Phi) is 3.22. The predicted molar refractivity (Wildman–Crippen MR) is 67.6 cm³/mol. The minimum atomic E-state index is -1.00. The van der Waals surface area contributed by atoms with Crippen LogP contribution in [0.5, 0.6) is 0 Å². The number of carbonyl (C=O) groups excluding carboxylic acids is 1. The molecular weight excluding hydrogens is 250 g/mol. The van der Waals surface area contributed by atoms with Gasteiger partial charge in [0.25, 0.3) is 0 Å². The normalized spacial score (nSPS) is 29.3. The van der Waals surface area contributed by atoms with Crippen LogP contribution in [0.15, 0.2) is 18.2 Å². The second-order valence-corrected chi connectivity index (χ2v) is 5.33. The van der Waals surface area contributed by atoms with Gasteiger partial charge in [0.1, 0.15) is 0 Å². The first-order chi connectivity index (χ1) is 9.16. The SMILES string of the molecule is O=C(Nc1cccc(F)c1F)C1NCC2CCCC21. The lowest BCUT2D eigenvalue weighted by molar-refractivity contribution is -0.118. The lowest BCUT2D eigenvalue weighted by Crippen LogP contribution is -2.39. The topological polar surface area (TPSA) is 41.1 Å². The van der Waals surface area contributed by atoms with Crippen molar-refractivity contribution in [2.75, 3.05) is 11.9 Å². The van der Waals surface area contributed by atoms with E-state index < -0.39 is 11.6 Å². The molecule has 3 atom stereocenters. The van der Waals surface area contributed by atoms with Gasteiger partial charge in [0.05, 0.1) is 11.7 Å². The minimum Gasteiger partial charge on any atom is -0.322 e. The second-order valence-electron chi connectivity index (χ2n) is 5.33. The summed E-state index contributed by atoms with van der Waals surface area (Å²) in [5.74, 6) is -1.34. The average molecular weight is 266 g/mol. The van der Waals surface area contributed by atoms with E-state index in [0.717, 1.165) is 31.9 Å². The summed E-state index contributed by atoms with van der Waals surface area (Å²) in [6, 6.07) is 3.51. The van der Waals surface area contributed by atoms with E-state index in [0.29, 0.717) is 11.8 Å². The minimum absolute atomic E-state index is 0.0896. The zero-order chi connectivity index (χ0) is 13.4. The van der Waals surface area contributed by atoms with Crippen LogP contribution in [0.1, 0.15) is 19.3 Å². The van der Waals surface area contributed by atoms with Gasteiger partial charge in [0.15, 0.2) is 11.6 Å². The van der Waals surface area contributed by atoms with Crippen LogP contribution in [-0.2, 0) is 4.79 Å². The van der Waals surface area contributed by atoms with Gasteiger partial charge < -0.3 is 10.6 Å². The van der Waals surface area contributed by atoms with Gasteiger partial charge >= 0.3 is 0 Å². The van der Waals surface area contributed by atoms with Crippen molar-refractivity contribution in [3.63, 3.8) is 0 Å². The van der Waals surface area contributed by atoms with Crippen LogP contribution < -0.4 is 10.6 Å². The van der Waals surface area contributed by atoms with Crippen LogP contribution in [0.2, 0.25) is 0 Å². The van der Waals surface area contributed by atoms with Crippen molar-refractivity contribution in [3.05, 3.63) is 29.8 Å². The van der Waals surface area contributed by atoms with Crippen molar-refractivity contribution in [3.8, 4) is 0 Å². The fraction of sp³-hybridized carbons (Fsp3) is 0.500. The number of benzene rings is 1. The Hall–Kier alpha value is -1.49. The highest BCUT2D eigenvalue weighted by Gasteiger charge is 2.42. The molecule has 2 fully saturated rings. The lowest BCUT2D eigenvalue weighted by atomic mass is 9.93. The Morgan fingerprint density at radius 3 is 3.00 bits per heavy atom. The van der Waals surface area contributed by atoms with Gasteiger partial charge in [-0.25, -0.2) is 8.78 Å². The zero-order valence-corrected chi connectivity index (χ0v) is 10.5. The van der Waals surface area contributed by atoms with E-state index in [4.69, 9.17) is 0 Å². The summed E-state index contributed by atoms with van der Waals surface area (Å²) in [6.45, 7) is 0.842. The third-order valence-electron chi connectivity index (χ3n) is 4.24. The molecule has 5 heteroatoms. The maximum atomic E-state index is 13.5. The first kappa shape index (κ1) is 12.5. The highest BCUT2D eigenvalue weighted by atomic mass is 19.2. The van der Waals surface area contributed by atoms with Crippen molar-refractivity contribution < 1.29 is 13.6 Å². The number of nitrogens with one attached hydrogen (secondary N) is 2. The van der Waals surface area contributed by atoms with Crippen LogP contribution in [0, 0.1) is 23.5 Å². The molecule has 19 heavy (non-hydrogen) atoms. The summed E-state index contributed by atoms with van der Waals surface area (Å²) >= 11 is 0. The molecule has 0 radical (unpaired) electrons. The number of carbonyl (C=O) groups is 1. The van der Waals surface area contributed by atoms with Crippen LogP contribution >= 0.6 is 0 Å². The number of rotatable bonds is 2. The molecule has 1 aromatic carbocycles. The molecule has 1 aromatic rings. The molecule has 1 saturated heterocycles. The van der Waals surface area contributed by atoms with Gasteiger partial charge in [0.2, 0.25) is 5.91 Å². The van der Waals surface area contributed by atoms with E-state index in [-0.39, 0.29) is 17.6 Å². The maximum absolute atomic E-state index is 13.5. The van der Waals surface area contributed by atoms with Crippen molar-refractivity contribution in [2.45, 2.75) is 25.3 Å². The first-order valence-electron chi connectivity index (χ1n) is 6.65. The molecule has 3 unspecified atom stereocenters. The quantitative estimate of drug-likeness (QED) is 0.862. The van der Waals surface area contributed by atoms with E-state index in [1.54, 1.807) is 0 Å². The third-order valence-corrected chi connectivity index (χ3v) is 4.24. The molecule has 1 amide bonds. The van der Waals surface area contributed by atoms with Gasteiger partial charge in [-0.2, -0.15) is 0 Å². The standard InChI is InChI=1S/C14H16F2N2O/c15-10-5-2-6-11(12(10)16)18-14(19)13-9-4-1-3-8(9)7-17-13/h2,5-6,8-9,13,17H,1,3-4,7H2,(H,18,19). The molecule has 2 N–H and O–H groups in total.